The van der Waals surface area contributed by atoms with Gasteiger partial charge in [-0.3, -0.25) is 9.48 Å². The van der Waals surface area contributed by atoms with Crippen molar-refractivity contribution in [3.05, 3.63) is 23.0 Å². The molecule has 29 heavy (non-hydrogen) atoms. The lowest BCUT2D eigenvalue weighted by molar-refractivity contribution is -0.137. The van der Waals surface area contributed by atoms with Crippen molar-refractivity contribution in [1.82, 2.24) is 9.78 Å². The van der Waals surface area contributed by atoms with Crippen LogP contribution in [0.25, 0.3) is 6.08 Å². The minimum Gasteiger partial charge on any atom is -0.294 e. The van der Waals surface area contributed by atoms with Crippen LogP contribution in [0.4, 0.5) is 0 Å². The maximum Gasteiger partial charge on any atom is 0.165 e. The van der Waals surface area contributed by atoms with E-state index in [0.717, 1.165) is 48.3 Å². The van der Waals surface area contributed by atoms with Gasteiger partial charge in [-0.15, -0.1) is 0 Å². The van der Waals surface area contributed by atoms with Crippen molar-refractivity contribution in [2.24, 2.45) is 34.5 Å². The molecule has 0 radical (unpaired) electrons. The first-order chi connectivity index (χ1) is 13.9. The van der Waals surface area contributed by atoms with Crippen LogP contribution in [0, 0.1) is 41.4 Å². The van der Waals surface area contributed by atoms with Gasteiger partial charge >= 0.3 is 0 Å². The average Bonchev–Trinajstić information content (AvgIpc) is 3.19. The van der Waals surface area contributed by atoms with Crippen LogP contribution < -0.4 is 0 Å². The van der Waals surface area contributed by atoms with Crippen LogP contribution >= 0.6 is 0 Å². The van der Waals surface area contributed by atoms with Gasteiger partial charge in [0.05, 0.1) is 6.20 Å². The van der Waals surface area contributed by atoms with Crippen LogP contribution in [0.5, 0.6) is 0 Å². The molecule has 0 N–H and O–H groups in total. The highest BCUT2D eigenvalue weighted by atomic mass is 16.1. The number of rotatable bonds is 2. The summed E-state index contributed by atoms with van der Waals surface area (Å²) in [6, 6.07) is 0. The smallest absolute Gasteiger partial charge is 0.165 e. The monoisotopic (exact) mass is 394 g/mol. The van der Waals surface area contributed by atoms with Gasteiger partial charge in [0.2, 0.25) is 0 Å². The molecule has 4 aliphatic carbocycles. The standard InChI is InChI=1S/C26H38N2O/c1-5-28-17(2)19(16-27-28)14-18-15-23-21-10-9-20-8-6-7-12-25(20,3)22(21)11-13-26(23,4)24(18)29/h14,16,20-23H,5-13,15H2,1-4H3/b18-14-. The number of hydrogen-bond donors (Lipinski definition) is 0. The van der Waals surface area contributed by atoms with E-state index in [9.17, 15) is 4.79 Å². The Morgan fingerprint density at radius 3 is 2.72 bits per heavy atom. The first-order valence-corrected chi connectivity index (χ1v) is 12.2. The third kappa shape index (κ3) is 2.75. The third-order valence-electron chi connectivity index (χ3n) is 9.99. The number of fused-ring (bicyclic) bond motifs is 5. The molecule has 0 saturated heterocycles. The number of carbonyl (C=O) groups excluding carboxylic acids is 1. The summed E-state index contributed by atoms with van der Waals surface area (Å²) in [6.07, 6.45) is 16.0. The van der Waals surface area contributed by atoms with Crippen LogP contribution in [-0.4, -0.2) is 15.6 Å². The van der Waals surface area contributed by atoms with E-state index in [0.29, 0.717) is 17.1 Å². The summed E-state index contributed by atoms with van der Waals surface area (Å²) in [5.74, 6) is 3.54. The Kier molecular flexibility index (Phi) is 4.60. The zero-order valence-electron chi connectivity index (χ0n) is 18.8. The summed E-state index contributed by atoms with van der Waals surface area (Å²) < 4.78 is 2.03. The van der Waals surface area contributed by atoms with Gasteiger partial charge in [-0.2, -0.15) is 5.10 Å². The zero-order chi connectivity index (χ0) is 20.4. The Hall–Kier alpha value is -1.38. The van der Waals surface area contributed by atoms with Crippen LogP contribution in [0.3, 0.4) is 0 Å². The first-order valence-electron chi connectivity index (χ1n) is 12.2. The van der Waals surface area contributed by atoms with E-state index in [1.807, 2.05) is 10.9 Å². The van der Waals surface area contributed by atoms with Gasteiger partial charge in [0.15, 0.2) is 5.78 Å². The molecule has 4 saturated carbocycles. The highest BCUT2D eigenvalue weighted by Crippen LogP contribution is 2.66. The summed E-state index contributed by atoms with van der Waals surface area (Å²) in [4.78, 5) is 13.6. The molecule has 4 fully saturated rings. The summed E-state index contributed by atoms with van der Waals surface area (Å²) in [6.45, 7) is 10.0. The second kappa shape index (κ2) is 6.82. The Morgan fingerprint density at radius 2 is 1.97 bits per heavy atom. The molecule has 5 rings (SSSR count). The van der Waals surface area contributed by atoms with E-state index in [1.165, 1.54) is 50.6 Å². The number of aryl methyl sites for hydroxylation is 1. The number of aromatic nitrogens is 2. The van der Waals surface area contributed by atoms with E-state index in [4.69, 9.17) is 0 Å². The fourth-order valence-electron chi connectivity index (χ4n) is 8.20. The van der Waals surface area contributed by atoms with E-state index in [2.05, 4.69) is 38.9 Å². The molecule has 1 aromatic rings. The SMILES string of the molecule is CCn1ncc(/C=C2/CC3C4CCC5CCCCC5(C)C4CCC3(C)C2=O)c1C. The molecule has 158 valence electrons. The van der Waals surface area contributed by atoms with E-state index in [-0.39, 0.29) is 5.41 Å². The van der Waals surface area contributed by atoms with Crippen molar-refractivity contribution in [2.75, 3.05) is 0 Å². The molecule has 3 heteroatoms. The fourth-order valence-corrected chi connectivity index (χ4v) is 8.20. The van der Waals surface area contributed by atoms with Crippen molar-refractivity contribution >= 4 is 11.9 Å². The average molecular weight is 395 g/mol. The van der Waals surface area contributed by atoms with Gasteiger partial charge in [0.1, 0.15) is 0 Å². The largest absolute Gasteiger partial charge is 0.294 e. The molecule has 6 unspecified atom stereocenters. The Bertz CT molecular complexity index is 851. The van der Waals surface area contributed by atoms with Crippen molar-refractivity contribution in [3.8, 4) is 0 Å². The maximum atomic E-state index is 13.6. The zero-order valence-corrected chi connectivity index (χ0v) is 18.8. The number of carbonyl (C=O) groups is 1. The molecule has 0 spiro atoms. The van der Waals surface area contributed by atoms with Gasteiger partial charge in [-0.1, -0.05) is 26.7 Å². The highest BCUT2D eigenvalue weighted by molar-refractivity contribution is 6.06. The number of ketones is 1. The van der Waals surface area contributed by atoms with E-state index < -0.39 is 0 Å². The van der Waals surface area contributed by atoms with Crippen molar-refractivity contribution < 1.29 is 4.79 Å². The van der Waals surface area contributed by atoms with Gasteiger partial charge in [0.25, 0.3) is 0 Å². The minimum atomic E-state index is -0.125. The molecular formula is C26H38N2O. The predicted molar refractivity (Wildman–Crippen MR) is 117 cm³/mol. The molecule has 1 heterocycles. The lowest BCUT2D eigenvalue weighted by Gasteiger charge is -2.59. The highest BCUT2D eigenvalue weighted by Gasteiger charge is 2.60. The number of allylic oxidation sites excluding steroid dienone is 1. The molecule has 0 aromatic carbocycles. The summed E-state index contributed by atoms with van der Waals surface area (Å²) in [5.41, 5.74) is 3.81. The van der Waals surface area contributed by atoms with Gasteiger partial charge < -0.3 is 0 Å². The Morgan fingerprint density at radius 1 is 1.14 bits per heavy atom. The lowest BCUT2D eigenvalue weighted by atomic mass is 9.45. The molecule has 3 nitrogen and oxygen atoms in total. The molecule has 1 aromatic heterocycles. The fraction of sp³-hybridized carbons (Fsp3) is 0.769. The lowest BCUT2D eigenvalue weighted by Crippen LogP contribution is -2.52. The summed E-state index contributed by atoms with van der Waals surface area (Å²) in [5, 5.41) is 4.49. The molecular weight excluding hydrogens is 356 g/mol. The topological polar surface area (TPSA) is 34.9 Å². The number of nitrogens with zero attached hydrogens (tertiary/aromatic N) is 2. The van der Waals surface area contributed by atoms with Crippen molar-refractivity contribution in [2.45, 2.75) is 92.0 Å². The molecule has 0 bridgehead atoms. The van der Waals surface area contributed by atoms with E-state index in [1.54, 1.807) is 0 Å². The van der Waals surface area contributed by atoms with E-state index >= 15 is 0 Å². The molecule has 6 atom stereocenters. The van der Waals surface area contributed by atoms with Crippen molar-refractivity contribution in [1.29, 1.82) is 0 Å². The molecule has 0 amide bonds. The summed E-state index contributed by atoms with van der Waals surface area (Å²) in [7, 11) is 0. The minimum absolute atomic E-state index is 0.125. The predicted octanol–water partition coefficient (Wildman–Crippen LogP) is 6.21. The first kappa shape index (κ1) is 19.6. The number of Topliss-reactive ketones (excluding diaryl/α,β-unsaturated/α-hetero) is 1. The maximum absolute atomic E-state index is 13.6. The third-order valence-corrected chi connectivity index (χ3v) is 9.99. The Balaban J connectivity index is 1.46. The summed E-state index contributed by atoms with van der Waals surface area (Å²) >= 11 is 0. The van der Waals surface area contributed by atoms with Gasteiger partial charge in [-0.05, 0) is 99.5 Å². The quantitative estimate of drug-likeness (QED) is 0.559. The van der Waals surface area contributed by atoms with Crippen LogP contribution in [0.15, 0.2) is 11.8 Å². The molecule has 4 aliphatic rings. The Labute approximate surface area is 176 Å². The van der Waals surface area contributed by atoms with Crippen LogP contribution in [0.1, 0.15) is 89.8 Å². The van der Waals surface area contributed by atoms with Gasteiger partial charge in [-0.25, -0.2) is 0 Å². The normalized spacial score (nSPS) is 43.2. The van der Waals surface area contributed by atoms with Crippen LogP contribution in [0.2, 0.25) is 0 Å². The second-order valence-corrected chi connectivity index (χ2v) is 11.1. The number of hydrogen-bond acceptors (Lipinski definition) is 2. The van der Waals surface area contributed by atoms with Crippen molar-refractivity contribution in [3.63, 3.8) is 0 Å². The van der Waals surface area contributed by atoms with Crippen LogP contribution in [-0.2, 0) is 11.3 Å². The molecule has 0 aliphatic heterocycles. The van der Waals surface area contributed by atoms with Gasteiger partial charge in [0, 0.05) is 23.2 Å². The second-order valence-electron chi connectivity index (χ2n) is 11.1.